The molecule has 3 aromatic rings. The highest BCUT2D eigenvalue weighted by molar-refractivity contribution is 7.13. The van der Waals surface area contributed by atoms with Crippen LogP contribution in [0.3, 0.4) is 0 Å². The van der Waals surface area contributed by atoms with Crippen molar-refractivity contribution in [1.82, 2.24) is 24.8 Å². The van der Waals surface area contributed by atoms with Gasteiger partial charge in [-0.1, -0.05) is 0 Å². The first-order valence-electron chi connectivity index (χ1n) is 7.33. The number of thiazole rings is 2. The lowest BCUT2D eigenvalue weighted by atomic mass is 10.2. The average Bonchev–Trinajstić information content (AvgIpc) is 3.28. The van der Waals surface area contributed by atoms with E-state index in [1.54, 1.807) is 35.1 Å². The zero-order valence-corrected chi connectivity index (χ0v) is 14.0. The van der Waals surface area contributed by atoms with Crippen LogP contribution in [-0.4, -0.2) is 44.5 Å². The molecule has 6 nitrogen and oxygen atoms in total. The number of hydrogen-bond acceptors (Lipinski definition) is 8. The molecule has 118 valence electrons. The second kappa shape index (κ2) is 6.79. The summed E-state index contributed by atoms with van der Waals surface area (Å²) in [5, 5.41) is 5.99. The summed E-state index contributed by atoms with van der Waals surface area (Å²) < 4.78 is 5.83. The Morgan fingerprint density at radius 2 is 2.09 bits per heavy atom. The van der Waals surface area contributed by atoms with Crippen molar-refractivity contribution >= 4 is 22.7 Å². The van der Waals surface area contributed by atoms with Crippen LogP contribution in [0.4, 0.5) is 0 Å². The Balaban J connectivity index is 1.43. The van der Waals surface area contributed by atoms with E-state index in [-0.39, 0.29) is 6.10 Å². The number of ether oxygens (including phenoxy) is 1. The zero-order valence-electron chi connectivity index (χ0n) is 12.3. The molecule has 1 aliphatic heterocycles. The largest absolute Gasteiger partial charge is 0.368 e. The molecule has 1 atom stereocenters. The summed E-state index contributed by atoms with van der Waals surface area (Å²) in [6.07, 6.45) is 5.38. The van der Waals surface area contributed by atoms with Crippen molar-refractivity contribution in [2.45, 2.75) is 12.6 Å². The van der Waals surface area contributed by atoms with Crippen LogP contribution in [0.1, 0.15) is 16.8 Å². The van der Waals surface area contributed by atoms with E-state index in [0.29, 0.717) is 5.82 Å². The lowest BCUT2D eigenvalue weighted by Gasteiger charge is -2.31. The van der Waals surface area contributed by atoms with Gasteiger partial charge >= 0.3 is 0 Å². The van der Waals surface area contributed by atoms with Crippen LogP contribution in [0.5, 0.6) is 0 Å². The molecule has 0 saturated carbocycles. The van der Waals surface area contributed by atoms with Crippen molar-refractivity contribution in [1.29, 1.82) is 0 Å². The fourth-order valence-electron chi connectivity index (χ4n) is 2.51. The minimum absolute atomic E-state index is 0.0688. The molecule has 4 rings (SSSR count). The van der Waals surface area contributed by atoms with Gasteiger partial charge in [-0.05, 0) is 6.07 Å². The van der Waals surface area contributed by atoms with Crippen LogP contribution in [0.15, 0.2) is 35.4 Å². The van der Waals surface area contributed by atoms with Gasteiger partial charge in [0, 0.05) is 49.0 Å². The molecule has 23 heavy (non-hydrogen) atoms. The molecule has 0 spiro atoms. The van der Waals surface area contributed by atoms with Crippen LogP contribution in [0.2, 0.25) is 0 Å². The van der Waals surface area contributed by atoms with Crippen molar-refractivity contribution in [2.24, 2.45) is 0 Å². The van der Waals surface area contributed by atoms with Gasteiger partial charge < -0.3 is 4.74 Å². The van der Waals surface area contributed by atoms with E-state index in [1.807, 2.05) is 17.6 Å². The molecule has 0 amide bonds. The van der Waals surface area contributed by atoms with Gasteiger partial charge in [-0.3, -0.25) is 4.90 Å². The highest BCUT2D eigenvalue weighted by Crippen LogP contribution is 2.26. The average molecular weight is 345 g/mol. The Hall–Kier alpha value is -1.74. The van der Waals surface area contributed by atoms with Gasteiger partial charge in [-0.2, -0.15) is 0 Å². The van der Waals surface area contributed by atoms with E-state index >= 15 is 0 Å². The second-order valence-electron chi connectivity index (χ2n) is 5.18. The van der Waals surface area contributed by atoms with Crippen LogP contribution >= 0.6 is 22.7 Å². The molecule has 1 fully saturated rings. The standard InChI is InChI=1S/C15H15N5OS2/c1-2-16-13(17-3-1)15-19-11(10-23-15)8-20-5-6-21-12(9-20)14-18-4-7-22-14/h1-4,7,10,12H,5-6,8-9H2/t12-/m0/s1. The predicted octanol–water partition coefficient (Wildman–Crippen LogP) is 2.63. The molecule has 0 radical (unpaired) electrons. The summed E-state index contributed by atoms with van der Waals surface area (Å²) in [6.45, 7) is 3.30. The Kier molecular flexibility index (Phi) is 4.38. The smallest absolute Gasteiger partial charge is 0.188 e. The lowest BCUT2D eigenvalue weighted by molar-refractivity contribution is -0.0333. The van der Waals surface area contributed by atoms with Gasteiger partial charge in [0.1, 0.15) is 11.1 Å². The molecule has 1 saturated heterocycles. The van der Waals surface area contributed by atoms with Gasteiger partial charge in [0.15, 0.2) is 10.8 Å². The molecular weight excluding hydrogens is 330 g/mol. The maximum absolute atomic E-state index is 5.83. The molecule has 0 N–H and O–H groups in total. The summed E-state index contributed by atoms with van der Waals surface area (Å²) in [5.41, 5.74) is 1.05. The number of aromatic nitrogens is 4. The summed E-state index contributed by atoms with van der Waals surface area (Å²) >= 11 is 3.23. The molecule has 3 aromatic heterocycles. The van der Waals surface area contributed by atoms with Crippen LogP contribution in [-0.2, 0) is 11.3 Å². The third-order valence-electron chi connectivity index (χ3n) is 3.57. The first kappa shape index (κ1) is 14.8. The topological polar surface area (TPSA) is 64.0 Å². The quantitative estimate of drug-likeness (QED) is 0.724. The monoisotopic (exact) mass is 345 g/mol. The van der Waals surface area contributed by atoms with E-state index < -0.39 is 0 Å². The Morgan fingerprint density at radius 3 is 2.91 bits per heavy atom. The molecular formula is C15H15N5OS2. The van der Waals surface area contributed by atoms with Crippen molar-refractivity contribution in [3.8, 4) is 10.8 Å². The summed E-state index contributed by atoms with van der Waals surface area (Å²) in [5.74, 6) is 0.686. The van der Waals surface area contributed by atoms with Crippen molar-refractivity contribution < 1.29 is 4.74 Å². The number of rotatable bonds is 4. The van der Waals surface area contributed by atoms with Gasteiger partial charge in [-0.15, -0.1) is 22.7 Å². The maximum atomic E-state index is 5.83. The minimum Gasteiger partial charge on any atom is -0.368 e. The van der Waals surface area contributed by atoms with Crippen LogP contribution in [0, 0.1) is 0 Å². The molecule has 1 aliphatic rings. The van der Waals surface area contributed by atoms with E-state index in [1.165, 1.54) is 0 Å². The normalized spacial score (nSPS) is 19.0. The highest BCUT2D eigenvalue weighted by Gasteiger charge is 2.24. The molecule has 0 aromatic carbocycles. The number of nitrogens with zero attached hydrogens (tertiary/aromatic N) is 5. The maximum Gasteiger partial charge on any atom is 0.188 e. The van der Waals surface area contributed by atoms with E-state index in [9.17, 15) is 0 Å². The fourth-order valence-corrected chi connectivity index (χ4v) is 3.94. The summed E-state index contributed by atoms with van der Waals surface area (Å²) in [6, 6.07) is 1.81. The van der Waals surface area contributed by atoms with E-state index in [0.717, 1.165) is 42.0 Å². The Bertz CT molecular complexity index is 746. The zero-order chi connectivity index (χ0) is 15.5. The molecule has 0 bridgehead atoms. The number of hydrogen-bond donors (Lipinski definition) is 0. The van der Waals surface area contributed by atoms with Gasteiger partial charge in [0.05, 0.1) is 12.3 Å². The van der Waals surface area contributed by atoms with E-state index in [4.69, 9.17) is 4.74 Å². The minimum atomic E-state index is 0.0688. The SMILES string of the molecule is c1cnc(-c2nc(CN3CCO[C@H](c4nccs4)C3)cs2)nc1. The van der Waals surface area contributed by atoms with Crippen molar-refractivity contribution in [3.05, 3.63) is 46.1 Å². The van der Waals surface area contributed by atoms with Crippen LogP contribution in [0.25, 0.3) is 10.8 Å². The van der Waals surface area contributed by atoms with Gasteiger partial charge in [0.25, 0.3) is 0 Å². The Morgan fingerprint density at radius 1 is 1.17 bits per heavy atom. The van der Waals surface area contributed by atoms with Crippen molar-refractivity contribution in [2.75, 3.05) is 19.7 Å². The third kappa shape index (κ3) is 3.45. The molecule has 0 unspecified atom stereocenters. The van der Waals surface area contributed by atoms with Gasteiger partial charge in [-0.25, -0.2) is 19.9 Å². The summed E-state index contributed by atoms with van der Waals surface area (Å²) in [4.78, 5) is 19.9. The highest BCUT2D eigenvalue weighted by atomic mass is 32.1. The third-order valence-corrected chi connectivity index (χ3v) is 5.33. The van der Waals surface area contributed by atoms with E-state index in [2.05, 4.69) is 30.2 Å². The molecule has 8 heteroatoms. The first-order chi connectivity index (χ1) is 11.4. The number of morpholine rings is 1. The lowest BCUT2D eigenvalue weighted by Crippen LogP contribution is -2.37. The fraction of sp³-hybridized carbons (Fsp3) is 0.333. The summed E-state index contributed by atoms with van der Waals surface area (Å²) in [7, 11) is 0. The first-order valence-corrected chi connectivity index (χ1v) is 9.09. The predicted molar refractivity (Wildman–Crippen MR) is 89.2 cm³/mol. The molecule has 0 aliphatic carbocycles. The van der Waals surface area contributed by atoms with Gasteiger partial charge in [0.2, 0.25) is 0 Å². The second-order valence-corrected chi connectivity index (χ2v) is 6.97. The Labute approximate surface area is 141 Å². The molecule has 4 heterocycles. The van der Waals surface area contributed by atoms with Crippen LogP contribution < -0.4 is 0 Å². The van der Waals surface area contributed by atoms with Crippen molar-refractivity contribution in [3.63, 3.8) is 0 Å².